The Balaban J connectivity index is 2.41. The van der Waals surface area contributed by atoms with Gasteiger partial charge in [0.2, 0.25) is 0 Å². The largest absolute Gasteiger partial charge is 0.385 e. The number of hydrogen-bond donors (Lipinski definition) is 1. The minimum absolute atomic E-state index is 0.718. The molecule has 1 aromatic carbocycles. The number of benzene rings is 1. The van der Waals surface area contributed by atoms with Crippen molar-refractivity contribution in [1.29, 1.82) is 0 Å². The van der Waals surface area contributed by atoms with Crippen molar-refractivity contribution in [3.8, 4) is 0 Å². The minimum atomic E-state index is 0.718. The first-order valence-electron chi connectivity index (χ1n) is 4.71. The van der Waals surface area contributed by atoms with Crippen LogP contribution in [0.4, 0.5) is 5.69 Å². The van der Waals surface area contributed by atoms with Gasteiger partial charge in [-0.1, -0.05) is 31.9 Å². The number of halogens is 1. The lowest BCUT2D eigenvalue weighted by molar-refractivity contribution is 0.593. The van der Waals surface area contributed by atoms with Crippen LogP contribution in [0.1, 0.15) is 20.3 Å². The quantitative estimate of drug-likeness (QED) is 0.775. The Morgan fingerprint density at radius 2 is 1.92 bits per heavy atom. The van der Waals surface area contributed by atoms with Crippen molar-refractivity contribution < 1.29 is 0 Å². The molecule has 0 bridgehead atoms. The van der Waals surface area contributed by atoms with Gasteiger partial charge in [0.05, 0.1) is 0 Å². The molecule has 13 heavy (non-hydrogen) atoms. The van der Waals surface area contributed by atoms with Crippen LogP contribution in [0.15, 0.2) is 24.3 Å². The maximum Gasteiger partial charge on any atom is 0.0407 e. The summed E-state index contributed by atoms with van der Waals surface area (Å²) in [6.45, 7) is 5.47. The van der Waals surface area contributed by atoms with E-state index in [-0.39, 0.29) is 0 Å². The molecule has 0 fully saturated rings. The van der Waals surface area contributed by atoms with Crippen molar-refractivity contribution in [3.63, 3.8) is 0 Å². The van der Waals surface area contributed by atoms with Crippen LogP contribution in [-0.2, 0) is 0 Å². The summed E-state index contributed by atoms with van der Waals surface area (Å²) >= 11 is 5.77. The van der Waals surface area contributed by atoms with Gasteiger partial charge < -0.3 is 5.32 Å². The molecular formula is C11H16ClN. The Labute approximate surface area is 85.1 Å². The van der Waals surface area contributed by atoms with Crippen molar-refractivity contribution in [2.24, 2.45) is 5.92 Å². The third-order valence-electron chi connectivity index (χ3n) is 2.20. The molecule has 0 spiro atoms. The highest BCUT2D eigenvalue weighted by Gasteiger charge is 1.97. The SMILES string of the molecule is CCC(C)CNc1ccc(Cl)cc1. The van der Waals surface area contributed by atoms with Gasteiger partial charge in [-0.15, -0.1) is 0 Å². The minimum Gasteiger partial charge on any atom is -0.385 e. The zero-order chi connectivity index (χ0) is 9.68. The zero-order valence-electron chi connectivity index (χ0n) is 8.18. The molecule has 1 unspecified atom stereocenters. The molecule has 0 aromatic heterocycles. The standard InChI is InChI=1S/C11H16ClN/c1-3-9(2)8-13-11-6-4-10(12)5-7-11/h4-7,9,13H,3,8H2,1-2H3. The van der Waals surface area contributed by atoms with Gasteiger partial charge in [0.1, 0.15) is 0 Å². The van der Waals surface area contributed by atoms with Gasteiger partial charge in [0.25, 0.3) is 0 Å². The van der Waals surface area contributed by atoms with E-state index in [0.717, 1.165) is 23.2 Å². The molecule has 1 nitrogen and oxygen atoms in total. The summed E-state index contributed by atoms with van der Waals surface area (Å²) in [6, 6.07) is 7.82. The van der Waals surface area contributed by atoms with Gasteiger partial charge in [-0.05, 0) is 30.2 Å². The number of rotatable bonds is 4. The Morgan fingerprint density at radius 3 is 2.46 bits per heavy atom. The van der Waals surface area contributed by atoms with Crippen molar-refractivity contribution in [2.45, 2.75) is 20.3 Å². The van der Waals surface area contributed by atoms with Crippen molar-refractivity contribution in [1.82, 2.24) is 0 Å². The molecule has 1 N–H and O–H groups in total. The van der Waals surface area contributed by atoms with Gasteiger partial charge in [0, 0.05) is 17.3 Å². The summed E-state index contributed by atoms with van der Waals surface area (Å²) in [5, 5.41) is 4.15. The molecule has 1 rings (SSSR count). The Hall–Kier alpha value is -0.690. The monoisotopic (exact) mass is 197 g/mol. The topological polar surface area (TPSA) is 12.0 Å². The third kappa shape index (κ3) is 3.69. The molecule has 1 atom stereocenters. The van der Waals surface area contributed by atoms with E-state index in [1.54, 1.807) is 0 Å². The van der Waals surface area contributed by atoms with Crippen LogP contribution in [0.5, 0.6) is 0 Å². The van der Waals surface area contributed by atoms with E-state index in [0.29, 0.717) is 0 Å². The summed E-state index contributed by atoms with van der Waals surface area (Å²) in [4.78, 5) is 0. The normalized spacial score (nSPS) is 12.5. The molecule has 0 aliphatic heterocycles. The van der Waals surface area contributed by atoms with Gasteiger partial charge >= 0.3 is 0 Å². The predicted octanol–water partition coefficient (Wildman–Crippen LogP) is 3.80. The molecule has 0 saturated carbocycles. The summed E-state index contributed by atoms with van der Waals surface area (Å²) in [6.07, 6.45) is 1.21. The van der Waals surface area contributed by atoms with Crippen LogP contribution in [0.25, 0.3) is 0 Å². The van der Waals surface area contributed by atoms with Crippen molar-refractivity contribution in [2.75, 3.05) is 11.9 Å². The van der Waals surface area contributed by atoms with E-state index >= 15 is 0 Å². The Bertz CT molecular complexity index is 243. The molecular weight excluding hydrogens is 182 g/mol. The lowest BCUT2D eigenvalue weighted by Crippen LogP contribution is -2.09. The second-order valence-corrected chi connectivity index (χ2v) is 3.84. The van der Waals surface area contributed by atoms with E-state index in [1.165, 1.54) is 6.42 Å². The smallest absolute Gasteiger partial charge is 0.0407 e. The first-order valence-corrected chi connectivity index (χ1v) is 5.09. The van der Waals surface area contributed by atoms with E-state index in [2.05, 4.69) is 19.2 Å². The lowest BCUT2D eigenvalue weighted by Gasteiger charge is -2.10. The molecule has 0 radical (unpaired) electrons. The lowest BCUT2D eigenvalue weighted by atomic mass is 10.1. The highest BCUT2D eigenvalue weighted by atomic mass is 35.5. The number of anilines is 1. The van der Waals surface area contributed by atoms with Gasteiger partial charge in [-0.3, -0.25) is 0 Å². The maximum atomic E-state index is 5.77. The summed E-state index contributed by atoms with van der Waals surface area (Å²) in [5.41, 5.74) is 1.14. The highest BCUT2D eigenvalue weighted by Crippen LogP contribution is 2.14. The van der Waals surface area contributed by atoms with Crippen molar-refractivity contribution >= 4 is 17.3 Å². The van der Waals surface area contributed by atoms with Gasteiger partial charge in [0.15, 0.2) is 0 Å². The second kappa shape index (κ2) is 5.13. The summed E-state index contributed by atoms with van der Waals surface area (Å²) in [7, 11) is 0. The fourth-order valence-corrected chi connectivity index (χ4v) is 1.13. The Kier molecular flexibility index (Phi) is 4.10. The Morgan fingerprint density at radius 1 is 1.31 bits per heavy atom. The average Bonchev–Trinajstić information content (AvgIpc) is 2.16. The predicted molar refractivity (Wildman–Crippen MR) is 59.4 cm³/mol. The maximum absolute atomic E-state index is 5.77. The molecule has 0 saturated heterocycles. The van der Waals surface area contributed by atoms with Crippen LogP contribution in [-0.4, -0.2) is 6.54 Å². The first kappa shape index (κ1) is 10.4. The van der Waals surface area contributed by atoms with E-state index in [4.69, 9.17) is 11.6 Å². The first-order chi connectivity index (χ1) is 6.22. The molecule has 0 aliphatic rings. The van der Waals surface area contributed by atoms with Gasteiger partial charge in [-0.2, -0.15) is 0 Å². The summed E-state index contributed by atoms with van der Waals surface area (Å²) in [5.74, 6) is 0.718. The van der Waals surface area contributed by atoms with Crippen LogP contribution in [0.3, 0.4) is 0 Å². The average molecular weight is 198 g/mol. The molecule has 0 amide bonds. The third-order valence-corrected chi connectivity index (χ3v) is 2.45. The summed E-state index contributed by atoms with van der Waals surface area (Å²) < 4.78 is 0. The number of hydrogen-bond acceptors (Lipinski definition) is 1. The van der Waals surface area contributed by atoms with Gasteiger partial charge in [-0.25, -0.2) is 0 Å². The molecule has 2 heteroatoms. The molecule has 1 aromatic rings. The zero-order valence-corrected chi connectivity index (χ0v) is 8.93. The van der Waals surface area contributed by atoms with E-state index in [1.807, 2.05) is 24.3 Å². The second-order valence-electron chi connectivity index (χ2n) is 3.40. The van der Waals surface area contributed by atoms with Crippen LogP contribution >= 0.6 is 11.6 Å². The van der Waals surface area contributed by atoms with Crippen molar-refractivity contribution in [3.05, 3.63) is 29.3 Å². The van der Waals surface area contributed by atoms with Crippen LogP contribution < -0.4 is 5.32 Å². The van der Waals surface area contributed by atoms with Crippen LogP contribution in [0.2, 0.25) is 5.02 Å². The van der Waals surface area contributed by atoms with E-state index in [9.17, 15) is 0 Å². The van der Waals surface area contributed by atoms with Crippen LogP contribution in [0, 0.1) is 5.92 Å². The molecule has 0 aliphatic carbocycles. The molecule has 72 valence electrons. The molecule has 0 heterocycles. The highest BCUT2D eigenvalue weighted by molar-refractivity contribution is 6.30. The fourth-order valence-electron chi connectivity index (χ4n) is 1.00. The fraction of sp³-hybridized carbons (Fsp3) is 0.455. The van der Waals surface area contributed by atoms with E-state index < -0.39 is 0 Å². The number of nitrogens with one attached hydrogen (secondary N) is 1.